The number of carbonyl (C=O) groups is 1. The monoisotopic (exact) mass is 441 g/mol. The van der Waals surface area contributed by atoms with E-state index in [4.69, 9.17) is 4.74 Å². The molecular formula is C21H30F3N5O2. The minimum atomic E-state index is -4.17. The van der Waals surface area contributed by atoms with Crippen LogP contribution in [0.4, 0.5) is 13.2 Å². The molecule has 1 amide bonds. The Bertz CT molecular complexity index is 750. The van der Waals surface area contributed by atoms with Gasteiger partial charge < -0.3 is 20.7 Å². The standard InChI is InChI=1S/C21H30F3N5O2/c1-25-20(28-17-9-11-29(12-17)14-21(22,23)24)26-10-8-15-2-6-18(7-3-15)31-13-19(30)27-16-4-5-16/h2-3,6-7,16-17H,4-5,8-14H2,1H3,(H,27,30)(H2,25,26,28). The van der Waals surface area contributed by atoms with E-state index in [9.17, 15) is 18.0 Å². The van der Waals surface area contributed by atoms with E-state index in [1.54, 1.807) is 7.05 Å². The molecule has 7 nitrogen and oxygen atoms in total. The molecule has 1 aliphatic carbocycles. The van der Waals surface area contributed by atoms with Crippen LogP contribution < -0.4 is 20.7 Å². The molecule has 10 heteroatoms. The quantitative estimate of drug-likeness (QED) is 0.402. The zero-order chi connectivity index (χ0) is 22.3. The van der Waals surface area contributed by atoms with E-state index in [2.05, 4.69) is 20.9 Å². The van der Waals surface area contributed by atoms with Gasteiger partial charge in [0.05, 0.1) is 6.54 Å². The van der Waals surface area contributed by atoms with Crippen molar-refractivity contribution in [1.82, 2.24) is 20.9 Å². The summed E-state index contributed by atoms with van der Waals surface area (Å²) in [5.74, 6) is 1.13. The second-order valence-corrected chi connectivity index (χ2v) is 8.00. The fraction of sp³-hybridized carbons (Fsp3) is 0.619. The molecule has 31 heavy (non-hydrogen) atoms. The van der Waals surface area contributed by atoms with Gasteiger partial charge in [-0.05, 0) is 43.4 Å². The molecule has 2 fully saturated rings. The summed E-state index contributed by atoms with van der Waals surface area (Å²) in [5.41, 5.74) is 1.09. The van der Waals surface area contributed by atoms with Crippen molar-refractivity contribution in [3.05, 3.63) is 29.8 Å². The maximum Gasteiger partial charge on any atom is 0.401 e. The molecule has 1 atom stereocenters. The fourth-order valence-electron chi connectivity index (χ4n) is 3.46. The van der Waals surface area contributed by atoms with E-state index in [1.165, 1.54) is 4.90 Å². The fourth-order valence-corrected chi connectivity index (χ4v) is 3.46. The molecule has 1 saturated heterocycles. The molecule has 0 aromatic heterocycles. The number of nitrogens with one attached hydrogen (secondary N) is 3. The van der Waals surface area contributed by atoms with E-state index >= 15 is 0 Å². The van der Waals surface area contributed by atoms with Gasteiger partial charge in [0.1, 0.15) is 5.75 Å². The predicted octanol–water partition coefficient (Wildman–Crippen LogP) is 1.69. The lowest BCUT2D eigenvalue weighted by Gasteiger charge is -2.19. The van der Waals surface area contributed by atoms with Gasteiger partial charge in [0, 0.05) is 38.8 Å². The number of hydrogen-bond acceptors (Lipinski definition) is 4. The summed E-state index contributed by atoms with van der Waals surface area (Å²) in [7, 11) is 1.64. The van der Waals surface area contributed by atoms with Gasteiger partial charge in [-0.3, -0.25) is 14.7 Å². The number of alkyl halides is 3. The van der Waals surface area contributed by atoms with Gasteiger partial charge in [0.2, 0.25) is 0 Å². The summed E-state index contributed by atoms with van der Waals surface area (Å²) >= 11 is 0. The normalized spacial score (nSPS) is 19.9. The number of carbonyl (C=O) groups excluding carboxylic acids is 1. The van der Waals surface area contributed by atoms with E-state index < -0.39 is 12.7 Å². The summed E-state index contributed by atoms with van der Waals surface area (Å²) in [4.78, 5) is 17.2. The highest BCUT2D eigenvalue weighted by atomic mass is 19.4. The molecule has 1 saturated carbocycles. The van der Waals surface area contributed by atoms with Gasteiger partial charge in [0.15, 0.2) is 12.6 Å². The van der Waals surface area contributed by atoms with Crippen LogP contribution in [0.2, 0.25) is 0 Å². The van der Waals surface area contributed by atoms with Crippen molar-refractivity contribution in [2.75, 3.05) is 39.8 Å². The number of aliphatic imine (C=N–C) groups is 1. The highest BCUT2D eigenvalue weighted by Gasteiger charge is 2.34. The van der Waals surface area contributed by atoms with Crippen LogP contribution in [0.15, 0.2) is 29.3 Å². The van der Waals surface area contributed by atoms with Gasteiger partial charge in [0.25, 0.3) is 5.91 Å². The third-order valence-electron chi connectivity index (χ3n) is 5.18. The van der Waals surface area contributed by atoms with Crippen LogP contribution in [-0.4, -0.2) is 74.9 Å². The molecule has 0 radical (unpaired) electrons. The van der Waals surface area contributed by atoms with Gasteiger partial charge in [-0.25, -0.2) is 0 Å². The third-order valence-corrected chi connectivity index (χ3v) is 5.18. The zero-order valence-corrected chi connectivity index (χ0v) is 17.7. The van der Waals surface area contributed by atoms with Crippen molar-refractivity contribution in [1.29, 1.82) is 0 Å². The maximum atomic E-state index is 12.5. The number of benzene rings is 1. The van der Waals surface area contributed by atoms with Gasteiger partial charge in [-0.15, -0.1) is 0 Å². The Kier molecular flexibility index (Phi) is 8.00. The number of rotatable bonds is 9. The van der Waals surface area contributed by atoms with Crippen molar-refractivity contribution in [2.24, 2.45) is 4.99 Å². The van der Waals surface area contributed by atoms with Crippen LogP contribution >= 0.6 is 0 Å². The van der Waals surface area contributed by atoms with Crippen LogP contribution in [0.5, 0.6) is 5.75 Å². The van der Waals surface area contributed by atoms with Gasteiger partial charge in [-0.2, -0.15) is 13.2 Å². The first-order valence-electron chi connectivity index (χ1n) is 10.6. The predicted molar refractivity (Wildman–Crippen MR) is 112 cm³/mol. The smallest absolute Gasteiger partial charge is 0.401 e. The lowest BCUT2D eigenvalue weighted by molar-refractivity contribution is -0.143. The molecule has 1 unspecified atom stereocenters. The van der Waals surface area contributed by atoms with E-state index in [1.807, 2.05) is 24.3 Å². The van der Waals surface area contributed by atoms with Crippen LogP contribution in [-0.2, 0) is 11.2 Å². The first kappa shape index (κ1) is 23.2. The lowest BCUT2D eigenvalue weighted by atomic mass is 10.1. The second kappa shape index (κ2) is 10.7. The molecule has 1 aromatic rings. The summed E-state index contributed by atoms with van der Waals surface area (Å²) in [6.45, 7) is 0.539. The molecule has 1 heterocycles. The second-order valence-electron chi connectivity index (χ2n) is 8.00. The highest BCUT2D eigenvalue weighted by Crippen LogP contribution is 2.20. The Morgan fingerprint density at radius 3 is 2.55 bits per heavy atom. The molecule has 2 aliphatic rings. The number of ether oxygens (including phenoxy) is 1. The summed E-state index contributed by atoms with van der Waals surface area (Å²) in [6.07, 6.45) is -0.680. The Hall–Kier alpha value is -2.49. The SMILES string of the molecule is CN=C(NCCc1ccc(OCC(=O)NC2CC2)cc1)NC1CCN(CC(F)(F)F)C1. The summed E-state index contributed by atoms with van der Waals surface area (Å²) in [6, 6.07) is 7.82. The average Bonchev–Trinajstić information content (AvgIpc) is 3.43. The van der Waals surface area contributed by atoms with Crippen LogP contribution in [0.3, 0.4) is 0 Å². The summed E-state index contributed by atoms with van der Waals surface area (Å²) < 4.78 is 43.0. The van der Waals surface area contributed by atoms with E-state index in [0.29, 0.717) is 43.8 Å². The van der Waals surface area contributed by atoms with Crippen molar-refractivity contribution in [3.8, 4) is 5.75 Å². The van der Waals surface area contributed by atoms with Crippen molar-refractivity contribution < 1.29 is 22.7 Å². The Morgan fingerprint density at radius 1 is 1.16 bits per heavy atom. The Balaban J connectivity index is 1.33. The third kappa shape index (κ3) is 8.64. The van der Waals surface area contributed by atoms with Gasteiger partial charge >= 0.3 is 6.18 Å². The number of halogens is 3. The average molecular weight is 441 g/mol. The Labute approximate surface area is 180 Å². The molecule has 0 bridgehead atoms. The number of likely N-dealkylation sites (tertiary alicyclic amines) is 1. The molecule has 0 spiro atoms. The van der Waals surface area contributed by atoms with E-state index in [-0.39, 0.29) is 18.6 Å². The minimum Gasteiger partial charge on any atom is -0.484 e. The van der Waals surface area contributed by atoms with Crippen LogP contribution in [0.25, 0.3) is 0 Å². The lowest BCUT2D eigenvalue weighted by Crippen LogP contribution is -2.45. The molecule has 1 aromatic carbocycles. The van der Waals surface area contributed by atoms with Crippen molar-refractivity contribution >= 4 is 11.9 Å². The number of nitrogens with zero attached hydrogens (tertiary/aromatic N) is 2. The largest absolute Gasteiger partial charge is 0.484 e. The highest BCUT2D eigenvalue weighted by molar-refractivity contribution is 5.80. The number of guanidine groups is 1. The Morgan fingerprint density at radius 2 is 1.90 bits per heavy atom. The van der Waals surface area contributed by atoms with Crippen LogP contribution in [0, 0.1) is 0 Å². The molecule has 3 rings (SSSR count). The first-order chi connectivity index (χ1) is 14.8. The van der Waals surface area contributed by atoms with Crippen molar-refractivity contribution in [2.45, 2.75) is 43.9 Å². The van der Waals surface area contributed by atoms with Crippen LogP contribution in [0.1, 0.15) is 24.8 Å². The first-order valence-corrected chi connectivity index (χ1v) is 10.6. The van der Waals surface area contributed by atoms with E-state index in [0.717, 1.165) is 24.8 Å². The number of hydrogen-bond donors (Lipinski definition) is 3. The van der Waals surface area contributed by atoms with Crippen molar-refractivity contribution in [3.63, 3.8) is 0 Å². The summed E-state index contributed by atoms with van der Waals surface area (Å²) in [5, 5.41) is 9.27. The topological polar surface area (TPSA) is 78.0 Å². The zero-order valence-electron chi connectivity index (χ0n) is 17.7. The molecule has 3 N–H and O–H groups in total. The minimum absolute atomic E-state index is 0.0148. The number of amides is 1. The maximum absolute atomic E-state index is 12.5. The molecule has 1 aliphatic heterocycles. The molecular weight excluding hydrogens is 411 g/mol. The molecule has 172 valence electrons. The van der Waals surface area contributed by atoms with Gasteiger partial charge in [-0.1, -0.05) is 12.1 Å².